The maximum absolute atomic E-state index is 12.8. The number of hydrazine groups is 1. The smallest absolute Gasteiger partial charge is 0.280 e. The molecule has 0 saturated heterocycles. The third kappa shape index (κ3) is 2.53. The van der Waals surface area contributed by atoms with Crippen LogP contribution in [0.2, 0.25) is 0 Å². The number of nitrogens with one attached hydrogen (secondary N) is 1. The molecule has 1 heterocycles. The highest BCUT2D eigenvalue weighted by atomic mass is 79.9. The lowest BCUT2D eigenvalue weighted by molar-refractivity contribution is 0.0477. The van der Waals surface area contributed by atoms with Gasteiger partial charge in [0.15, 0.2) is 0 Å². The van der Waals surface area contributed by atoms with Crippen LogP contribution in [0.15, 0.2) is 53.0 Å². The third-order valence-electron chi connectivity index (χ3n) is 4.31. The first-order valence-electron chi connectivity index (χ1n) is 7.82. The first kappa shape index (κ1) is 17.0. The van der Waals surface area contributed by atoms with Gasteiger partial charge in [-0.1, -0.05) is 24.3 Å². The van der Waals surface area contributed by atoms with Gasteiger partial charge in [-0.3, -0.25) is 19.8 Å². The molecule has 0 aromatic heterocycles. The maximum Gasteiger partial charge on any atom is 0.280 e. The van der Waals surface area contributed by atoms with Crippen LogP contribution in [-0.4, -0.2) is 32.9 Å². The van der Waals surface area contributed by atoms with Crippen LogP contribution < -0.4 is 5.43 Å². The number of hydrogen-bond acceptors (Lipinski definition) is 5. The van der Waals surface area contributed by atoms with Crippen LogP contribution in [0.5, 0.6) is 11.5 Å². The summed E-state index contributed by atoms with van der Waals surface area (Å²) in [5, 5.41) is 21.4. The van der Waals surface area contributed by atoms with E-state index >= 15 is 0 Å². The average molecular weight is 427 g/mol. The summed E-state index contributed by atoms with van der Waals surface area (Å²) in [5.41, 5.74) is 2.44. The molecule has 0 bridgehead atoms. The highest BCUT2D eigenvalue weighted by molar-refractivity contribution is 9.10. The molecule has 0 atom stereocenters. The maximum atomic E-state index is 12.8. The van der Waals surface area contributed by atoms with Gasteiger partial charge >= 0.3 is 0 Å². The van der Waals surface area contributed by atoms with E-state index in [1.165, 1.54) is 24.3 Å². The van der Waals surface area contributed by atoms with Gasteiger partial charge in [0.05, 0.1) is 21.2 Å². The quantitative estimate of drug-likeness (QED) is 0.546. The van der Waals surface area contributed by atoms with Crippen LogP contribution in [0.25, 0.3) is 10.8 Å². The van der Waals surface area contributed by atoms with Gasteiger partial charge in [0.25, 0.3) is 17.7 Å². The number of hydrogen-bond donors (Lipinski definition) is 3. The molecule has 0 unspecified atom stereocenters. The molecule has 0 saturated carbocycles. The number of carbonyl (C=O) groups excluding carboxylic acids is 3. The third-order valence-corrected chi connectivity index (χ3v) is 5.14. The van der Waals surface area contributed by atoms with Crippen molar-refractivity contribution >= 4 is 44.4 Å². The summed E-state index contributed by atoms with van der Waals surface area (Å²) < 4.78 is 0.371. The van der Waals surface area contributed by atoms with Crippen molar-refractivity contribution in [3.63, 3.8) is 0 Å². The molecular formula is C19H11BrN2O5. The van der Waals surface area contributed by atoms with Crippen molar-refractivity contribution in [1.29, 1.82) is 0 Å². The zero-order chi connectivity index (χ0) is 19.3. The van der Waals surface area contributed by atoms with E-state index in [2.05, 4.69) is 21.4 Å². The molecule has 1 aliphatic rings. The monoisotopic (exact) mass is 426 g/mol. The van der Waals surface area contributed by atoms with E-state index in [9.17, 15) is 24.6 Å². The predicted molar refractivity (Wildman–Crippen MR) is 99.4 cm³/mol. The Hall–Kier alpha value is -3.39. The Morgan fingerprint density at radius 2 is 1.63 bits per heavy atom. The molecule has 0 aliphatic carbocycles. The lowest BCUT2D eigenvalue weighted by Crippen LogP contribution is -2.51. The Morgan fingerprint density at radius 1 is 0.926 bits per heavy atom. The van der Waals surface area contributed by atoms with Gasteiger partial charge in [-0.2, -0.15) is 5.01 Å². The zero-order valence-electron chi connectivity index (χ0n) is 13.6. The Bertz CT molecular complexity index is 1160. The molecule has 8 heteroatoms. The van der Waals surface area contributed by atoms with Gasteiger partial charge in [-0.15, -0.1) is 0 Å². The summed E-state index contributed by atoms with van der Waals surface area (Å²) in [7, 11) is 0. The van der Waals surface area contributed by atoms with Crippen molar-refractivity contribution in [2.75, 3.05) is 0 Å². The van der Waals surface area contributed by atoms with E-state index in [-0.39, 0.29) is 28.2 Å². The topological polar surface area (TPSA) is 107 Å². The summed E-state index contributed by atoms with van der Waals surface area (Å²) in [5.74, 6) is -2.75. The van der Waals surface area contributed by atoms with Crippen LogP contribution >= 0.6 is 15.9 Å². The zero-order valence-corrected chi connectivity index (χ0v) is 15.1. The van der Waals surface area contributed by atoms with Gasteiger partial charge in [0.2, 0.25) is 0 Å². The predicted octanol–water partition coefficient (Wildman–Crippen LogP) is 2.95. The fraction of sp³-hybridized carbons (Fsp3) is 0. The van der Waals surface area contributed by atoms with Crippen LogP contribution in [0.3, 0.4) is 0 Å². The fourth-order valence-corrected chi connectivity index (χ4v) is 3.49. The summed E-state index contributed by atoms with van der Waals surface area (Å²) in [6.07, 6.45) is 0. The van der Waals surface area contributed by atoms with Crippen molar-refractivity contribution in [2.24, 2.45) is 0 Å². The van der Waals surface area contributed by atoms with E-state index in [4.69, 9.17) is 0 Å². The number of imide groups is 1. The van der Waals surface area contributed by atoms with Crippen molar-refractivity contribution in [1.82, 2.24) is 10.4 Å². The number of aromatic hydroxyl groups is 2. The number of carbonyl (C=O) groups is 3. The summed E-state index contributed by atoms with van der Waals surface area (Å²) >= 11 is 3.25. The number of rotatable bonds is 2. The van der Waals surface area contributed by atoms with Gasteiger partial charge in [0, 0.05) is 10.8 Å². The van der Waals surface area contributed by atoms with Gasteiger partial charge in [-0.25, -0.2) is 0 Å². The largest absolute Gasteiger partial charge is 0.507 e. The molecule has 4 rings (SSSR count). The number of benzene rings is 3. The average Bonchev–Trinajstić information content (AvgIpc) is 2.66. The molecule has 27 heavy (non-hydrogen) atoms. The number of phenols is 2. The van der Waals surface area contributed by atoms with Crippen LogP contribution in [0.1, 0.15) is 31.1 Å². The van der Waals surface area contributed by atoms with Crippen molar-refractivity contribution < 1.29 is 24.6 Å². The van der Waals surface area contributed by atoms with E-state index in [1.54, 1.807) is 24.3 Å². The Morgan fingerprint density at radius 3 is 2.37 bits per heavy atom. The van der Waals surface area contributed by atoms with Crippen LogP contribution in [0.4, 0.5) is 0 Å². The van der Waals surface area contributed by atoms with Gasteiger partial charge in [-0.05, 0) is 40.2 Å². The molecule has 3 N–H and O–H groups in total. The number of para-hydroxylation sites is 1. The molecule has 3 amide bonds. The summed E-state index contributed by atoms with van der Waals surface area (Å²) in [6.45, 7) is 0. The molecule has 7 nitrogen and oxygen atoms in total. The minimum atomic E-state index is -0.813. The van der Waals surface area contributed by atoms with E-state index in [0.717, 1.165) is 0 Å². The minimum Gasteiger partial charge on any atom is -0.507 e. The van der Waals surface area contributed by atoms with Crippen molar-refractivity contribution in [2.45, 2.75) is 0 Å². The Kier molecular flexibility index (Phi) is 3.85. The molecule has 1 aliphatic heterocycles. The van der Waals surface area contributed by atoms with Crippen molar-refractivity contribution in [3.8, 4) is 11.5 Å². The molecule has 0 spiro atoms. The van der Waals surface area contributed by atoms with E-state index in [0.29, 0.717) is 20.3 Å². The van der Waals surface area contributed by atoms with Gasteiger partial charge in [0.1, 0.15) is 11.5 Å². The second-order valence-electron chi connectivity index (χ2n) is 5.89. The van der Waals surface area contributed by atoms with Gasteiger partial charge < -0.3 is 10.2 Å². The summed E-state index contributed by atoms with van der Waals surface area (Å²) in [4.78, 5) is 38.1. The van der Waals surface area contributed by atoms with Crippen LogP contribution in [-0.2, 0) is 0 Å². The van der Waals surface area contributed by atoms with Crippen LogP contribution in [0, 0.1) is 0 Å². The second-order valence-corrected chi connectivity index (χ2v) is 6.68. The molecule has 3 aromatic carbocycles. The summed E-state index contributed by atoms with van der Waals surface area (Å²) in [6, 6.07) is 11.8. The Balaban J connectivity index is 1.81. The highest BCUT2D eigenvalue weighted by Gasteiger charge is 2.35. The Labute approximate surface area is 160 Å². The normalized spacial score (nSPS) is 13.1. The number of nitrogens with zero attached hydrogens (tertiary/aromatic N) is 1. The number of halogens is 1. The minimum absolute atomic E-state index is 0.0819. The molecule has 0 radical (unpaired) electrons. The first-order valence-corrected chi connectivity index (χ1v) is 8.61. The molecule has 134 valence electrons. The highest BCUT2D eigenvalue weighted by Crippen LogP contribution is 2.39. The lowest BCUT2D eigenvalue weighted by Gasteiger charge is -2.27. The first-order chi connectivity index (χ1) is 12.9. The molecular weight excluding hydrogens is 416 g/mol. The SMILES string of the molecule is O=C(NN1C(=O)c2cccc3c(Br)c(O)cc(c23)C1=O)c1ccccc1O. The number of phenolic OH excluding ortho intramolecular Hbond substituents is 2. The van der Waals surface area contributed by atoms with Crippen molar-refractivity contribution in [3.05, 3.63) is 69.7 Å². The molecule has 0 fully saturated rings. The lowest BCUT2D eigenvalue weighted by atomic mass is 9.94. The second kappa shape index (κ2) is 6.10. The van der Waals surface area contributed by atoms with E-state index < -0.39 is 17.7 Å². The van der Waals surface area contributed by atoms with E-state index in [1.807, 2.05) is 0 Å². The molecule has 3 aromatic rings. The number of amides is 3. The standard InChI is InChI=1S/C19H11BrN2O5/c20-16-10-5-3-6-11-15(10)12(8-14(16)24)19(27)22(18(11)26)21-17(25)9-4-1-2-7-13(9)23/h1-8,23-24H,(H,21,25). The fourth-order valence-electron chi connectivity index (χ4n) is 3.04.